The second-order valence-electron chi connectivity index (χ2n) is 4.95. The van der Waals surface area contributed by atoms with Crippen LogP contribution in [-0.2, 0) is 11.2 Å². The van der Waals surface area contributed by atoms with Gasteiger partial charge in [-0.1, -0.05) is 6.07 Å². The molecule has 4 rings (SSSR count). The van der Waals surface area contributed by atoms with Crippen LogP contribution in [0.2, 0.25) is 0 Å². The number of carboxylic acids is 1. The van der Waals surface area contributed by atoms with Crippen molar-refractivity contribution in [3.05, 3.63) is 34.3 Å². The van der Waals surface area contributed by atoms with E-state index >= 15 is 0 Å². The lowest BCUT2D eigenvalue weighted by molar-refractivity contribution is -0.139. The van der Waals surface area contributed by atoms with E-state index in [2.05, 4.69) is 4.98 Å². The number of fused-ring (bicyclic) bond motifs is 3. The summed E-state index contributed by atoms with van der Waals surface area (Å²) in [4.78, 5) is 19.3. The van der Waals surface area contributed by atoms with Gasteiger partial charge in [0.15, 0.2) is 4.96 Å². The molecular weight excluding hydrogens is 292 g/mol. The van der Waals surface area contributed by atoms with Crippen LogP contribution in [0.5, 0.6) is 0 Å². The number of thiazole rings is 1. The van der Waals surface area contributed by atoms with Crippen LogP contribution in [0.3, 0.4) is 0 Å². The Bertz CT molecular complexity index is 786. The van der Waals surface area contributed by atoms with Gasteiger partial charge in [-0.05, 0) is 30.7 Å². The van der Waals surface area contributed by atoms with Crippen LogP contribution < -0.4 is 0 Å². The smallest absolute Gasteiger partial charge is 0.312 e. The molecule has 102 valence electrons. The van der Waals surface area contributed by atoms with Crippen molar-refractivity contribution >= 4 is 33.6 Å². The minimum Gasteiger partial charge on any atom is -0.481 e. The van der Waals surface area contributed by atoms with E-state index in [0.717, 1.165) is 40.5 Å². The first-order chi connectivity index (χ1) is 9.74. The van der Waals surface area contributed by atoms with Gasteiger partial charge in [0.2, 0.25) is 0 Å². The van der Waals surface area contributed by atoms with E-state index in [9.17, 15) is 9.90 Å². The Morgan fingerprint density at radius 1 is 1.50 bits per heavy atom. The summed E-state index contributed by atoms with van der Waals surface area (Å²) in [6, 6.07) is 4.04. The number of thiophene rings is 1. The summed E-state index contributed by atoms with van der Waals surface area (Å²) in [7, 11) is 0. The number of aliphatic carboxylic acids is 1. The SMILES string of the molecule is O=C(O)C1CCCc2sc3nc(-c4cccs4)cn3c21. The Morgan fingerprint density at radius 3 is 3.15 bits per heavy atom. The lowest BCUT2D eigenvalue weighted by Crippen LogP contribution is -2.18. The molecule has 1 aliphatic rings. The zero-order valence-corrected chi connectivity index (χ0v) is 12.2. The van der Waals surface area contributed by atoms with Crippen LogP contribution in [0.25, 0.3) is 15.5 Å². The van der Waals surface area contributed by atoms with Crippen LogP contribution in [0.15, 0.2) is 23.7 Å². The summed E-state index contributed by atoms with van der Waals surface area (Å²) >= 11 is 3.28. The van der Waals surface area contributed by atoms with Crippen LogP contribution >= 0.6 is 22.7 Å². The number of carboxylic acid groups (broad SMARTS) is 1. The molecule has 0 aromatic carbocycles. The van der Waals surface area contributed by atoms with Crippen molar-refractivity contribution in [1.29, 1.82) is 0 Å². The van der Waals surface area contributed by atoms with Gasteiger partial charge in [-0.3, -0.25) is 9.20 Å². The van der Waals surface area contributed by atoms with E-state index < -0.39 is 11.9 Å². The average molecular weight is 304 g/mol. The molecule has 0 amide bonds. The van der Waals surface area contributed by atoms with Crippen molar-refractivity contribution in [1.82, 2.24) is 9.38 Å². The Morgan fingerprint density at radius 2 is 2.40 bits per heavy atom. The first-order valence-electron chi connectivity index (χ1n) is 6.51. The maximum absolute atomic E-state index is 11.5. The maximum atomic E-state index is 11.5. The summed E-state index contributed by atoms with van der Waals surface area (Å²) < 4.78 is 1.99. The van der Waals surface area contributed by atoms with Gasteiger partial charge in [0, 0.05) is 11.1 Å². The molecule has 0 saturated carbocycles. The standard InChI is InChI=1S/C14H12N2O2S2/c17-13(18)8-3-1-4-11-12(8)16-7-9(15-14(16)20-11)10-5-2-6-19-10/h2,5-8H,1,3-4H2,(H,17,18). The molecule has 0 fully saturated rings. The Hall–Kier alpha value is -1.66. The van der Waals surface area contributed by atoms with Gasteiger partial charge in [0.05, 0.1) is 16.5 Å². The monoisotopic (exact) mass is 304 g/mol. The van der Waals surface area contributed by atoms with Gasteiger partial charge in [-0.2, -0.15) is 0 Å². The van der Waals surface area contributed by atoms with E-state index in [0.29, 0.717) is 0 Å². The number of rotatable bonds is 2. The molecule has 4 nitrogen and oxygen atoms in total. The fraction of sp³-hybridized carbons (Fsp3) is 0.286. The largest absolute Gasteiger partial charge is 0.481 e. The molecule has 0 aliphatic heterocycles. The lowest BCUT2D eigenvalue weighted by atomic mass is 9.91. The number of hydrogen-bond acceptors (Lipinski definition) is 4. The van der Waals surface area contributed by atoms with Crippen molar-refractivity contribution in [2.45, 2.75) is 25.2 Å². The van der Waals surface area contributed by atoms with E-state index in [1.807, 2.05) is 28.1 Å². The highest BCUT2D eigenvalue weighted by molar-refractivity contribution is 7.17. The third-order valence-electron chi connectivity index (χ3n) is 3.73. The number of carbonyl (C=O) groups is 1. The fourth-order valence-corrected chi connectivity index (χ4v) is 4.72. The van der Waals surface area contributed by atoms with Crippen molar-refractivity contribution in [2.75, 3.05) is 0 Å². The molecule has 20 heavy (non-hydrogen) atoms. The third kappa shape index (κ3) is 1.72. The Kier molecular flexibility index (Phi) is 2.68. The van der Waals surface area contributed by atoms with Gasteiger partial charge in [0.1, 0.15) is 5.69 Å². The quantitative estimate of drug-likeness (QED) is 0.786. The Labute approximate surface area is 123 Å². The van der Waals surface area contributed by atoms with Gasteiger partial charge >= 0.3 is 5.97 Å². The van der Waals surface area contributed by atoms with Crippen molar-refractivity contribution in [3.8, 4) is 10.6 Å². The van der Waals surface area contributed by atoms with Gasteiger partial charge < -0.3 is 5.11 Å². The number of imidazole rings is 1. The highest BCUT2D eigenvalue weighted by Crippen LogP contribution is 2.38. The molecule has 1 aliphatic carbocycles. The molecule has 3 aromatic rings. The lowest BCUT2D eigenvalue weighted by Gasteiger charge is -2.18. The van der Waals surface area contributed by atoms with Gasteiger partial charge in [0.25, 0.3) is 0 Å². The van der Waals surface area contributed by atoms with Crippen LogP contribution in [0.4, 0.5) is 0 Å². The molecule has 1 unspecified atom stereocenters. The predicted molar refractivity (Wildman–Crippen MR) is 79.7 cm³/mol. The predicted octanol–water partition coefficient (Wildman–Crippen LogP) is 3.63. The van der Waals surface area contributed by atoms with Crippen molar-refractivity contribution in [2.24, 2.45) is 0 Å². The van der Waals surface area contributed by atoms with Gasteiger partial charge in [-0.25, -0.2) is 4.98 Å². The number of nitrogens with zero attached hydrogens (tertiary/aromatic N) is 2. The van der Waals surface area contributed by atoms with E-state index in [-0.39, 0.29) is 0 Å². The summed E-state index contributed by atoms with van der Waals surface area (Å²) in [6.45, 7) is 0. The second kappa shape index (κ2) is 4.43. The summed E-state index contributed by atoms with van der Waals surface area (Å²) in [6.07, 6.45) is 4.63. The zero-order chi connectivity index (χ0) is 13.7. The molecule has 1 atom stereocenters. The highest BCUT2D eigenvalue weighted by atomic mass is 32.1. The number of aromatic nitrogens is 2. The number of hydrogen-bond donors (Lipinski definition) is 1. The van der Waals surface area contributed by atoms with E-state index in [1.165, 1.54) is 4.88 Å². The highest BCUT2D eigenvalue weighted by Gasteiger charge is 2.31. The first kappa shape index (κ1) is 12.1. The summed E-state index contributed by atoms with van der Waals surface area (Å²) in [5.74, 6) is -1.12. The van der Waals surface area contributed by atoms with Crippen LogP contribution in [0, 0.1) is 0 Å². The van der Waals surface area contributed by atoms with Crippen molar-refractivity contribution in [3.63, 3.8) is 0 Å². The van der Waals surface area contributed by atoms with E-state index in [4.69, 9.17) is 0 Å². The molecule has 3 heterocycles. The number of aryl methyl sites for hydroxylation is 1. The minimum atomic E-state index is -0.725. The molecular formula is C14H12N2O2S2. The molecule has 6 heteroatoms. The molecule has 0 saturated heterocycles. The molecule has 3 aromatic heterocycles. The molecule has 0 radical (unpaired) electrons. The van der Waals surface area contributed by atoms with Gasteiger partial charge in [-0.15, -0.1) is 22.7 Å². The minimum absolute atomic E-state index is 0.391. The first-order valence-corrected chi connectivity index (χ1v) is 8.21. The molecule has 0 spiro atoms. The molecule has 0 bridgehead atoms. The van der Waals surface area contributed by atoms with Crippen LogP contribution in [0.1, 0.15) is 29.3 Å². The van der Waals surface area contributed by atoms with Crippen molar-refractivity contribution < 1.29 is 9.90 Å². The average Bonchev–Trinajstić information content (AvgIpc) is 3.12. The summed E-state index contributed by atoms with van der Waals surface area (Å²) in [5, 5.41) is 11.5. The third-order valence-corrected chi connectivity index (χ3v) is 5.75. The topological polar surface area (TPSA) is 54.6 Å². The van der Waals surface area contributed by atoms with E-state index in [1.54, 1.807) is 22.7 Å². The molecule has 1 N–H and O–H groups in total. The van der Waals surface area contributed by atoms with Crippen LogP contribution in [-0.4, -0.2) is 20.5 Å². The zero-order valence-electron chi connectivity index (χ0n) is 10.6. The fourth-order valence-electron chi connectivity index (χ4n) is 2.83. The second-order valence-corrected chi connectivity index (χ2v) is 6.96. The Balaban J connectivity index is 1.91. The maximum Gasteiger partial charge on any atom is 0.312 e. The summed E-state index contributed by atoms with van der Waals surface area (Å²) in [5.41, 5.74) is 1.88. The normalized spacial score (nSPS) is 18.3.